The van der Waals surface area contributed by atoms with E-state index in [2.05, 4.69) is 18.7 Å². The average Bonchev–Trinajstić information content (AvgIpc) is 2.41. The number of rotatable bonds is 14. The molecule has 0 radical (unpaired) electrons. The van der Waals surface area contributed by atoms with Crippen molar-refractivity contribution in [3.8, 4) is 0 Å². The van der Waals surface area contributed by atoms with E-state index in [1.54, 1.807) is 0 Å². The van der Waals surface area contributed by atoms with Crippen LogP contribution in [-0.2, 0) is 13.3 Å². The van der Waals surface area contributed by atoms with E-state index < -0.39 is 9.53 Å². The van der Waals surface area contributed by atoms with Crippen molar-refractivity contribution in [2.45, 2.75) is 53.4 Å². The molecule has 0 saturated heterocycles. The lowest BCUT2D eigenvalue weighted by Crippen LogP contribution is -2.34. The standard InChI is InChI=1S/C14H33NO3Si/c1-5-9-11-15(12-10-6-2)13-14-18-19(16-7-3)17-8-4/h19H,5-14H2,1-4H3. The molecule has 0 atom stereocenters. The summed E-state index contributed by atoms with van der Waals surface area (Å²) in [5.41, 5.74) is 0. The van der Waals surface area contributed by atoms with Gasteiger partial charge in [-0.2, -0.15) is 0 Å². The van der Waals surface area contributed by atoms with E-state index in [0.29, 0.717) is 13.2 Å². The summed E-state index contributed by atoms with van der Waals surface area (Å²) in [6.45, 7) is 13.9. The van der Waals surface area contributed by atoms with E-state index in [1.165, 1.54) is 38.8 Å². The minimum absolute atomic E-state index is 0.673. The molecular formula is C14H33NO3Si. The van der Waals surface area contributed by atoms with E-state index in [4.69, 9.17) is 13.3 Å². The summed E-state index contributed by atoms with van der Waals surface area (Å²) >= 11 is 0. The van der Waals surface area contributed by atoms with Crippen LogP contribution in [0.15, 0.2) is 0 Å². The number of hydrogen-bond acceptors (Lipinski definition) is 4. The molecule has 116 valence electrons. The smallest absolute Gasteiger partial charge is 0.376 e. The molecule has 0 N–H and O–H groups in total. The highest BCUT2D eigenvalue weighted by Gasteiger charge is 2.14. The zero-order chi connectivity index (χ0) is 14.3. The molecule has 0 unspecified atom stereocenters. The van der Waals surface area contributed by atoms with Crippen molar-refractivity contribution in [1.82, 2.24) is 4.90 Å². The van der Waals surface area contributed by atoms with Gasteiger partial charge >= 0.3 is 9.53 Å². The van der Waals surface area contributed by atoms with E-state index in [0.717, 1.165) is 13.2 Å². The molecule has 0 amide bonds. The van der Waals surface area contributed by atoms with Gasteiger partial charge in [0.2, 0.25) is 0 Å². The molecule has 0 aliphatic heterocycles. The van der Waals surface area contributed by atoms with E-state index >= 15 is 0 Å². The summed E-state index contributed by atoms with van der Waals surface area (Å²) in [7, 11) is -1.87. The van der Waals surface area contributed by atoms with Crippen molar-refractivity contribution in [3.05, 3.63) is 0 Å². The molecule has 0 spiro atoms. The Kier molecular flexibility index (Phi) is 14.5. The van der Waals surface area contributed by atoms with Crippen LogP contribution < -0.4 is 0 Å². The van der Waals surface area contributed by atoms with Crippen LogP contribution in [0.3, 0.4) is 0 Å². The van der Waals surface area contributed by atoms with E-state index in [-0.39, 0.29) is 0 Å². The molecule has 5 heteroatoms. The fourth-order valence-electron chi connectivity index (χ4n) is 1.79. The monoisotopic (exact) mass is 291 g/mol. The lowest BCUT2D eigenvalue weighted by Gasteiger charge is -2.23. The zero-order valence-electron chi connectivity index (χ0n) is 13.3. The zero-order valence-corrected chi connectivity index (χ0v) is 14.5. The highest BCUT2D eigenvalue weighted by Crippen LogP contribution is 2.00. The van der Waals surface area contributed by atoms with Gasteiger partial charge in [0, 0.05) is 19.8 Å². The second kappa shape index (κ2) is 14.5. The van der Waals surface area contributed by atoms with Crippen LogP contribution in [0.5, 0.6) is 0 Å². The Morgan fingerprint density at radius 3 is 1.68 bits per heavy atom. The van der Waals surface area contributed by atoms with Crippen LogP contribution in [-0.4, -0.2) is 53.9 Å². The Morgan fingerprint density at radius 2 is 1.26 bits per heavy atom. The topological polar surface area (TPSA) is 30.9 Å². The predicted octanol–water partition coefficient (Wildman–Crippen LogP) is 2.70. The van der Waals surface area contributed by atoms with Gasteiger partial charge in [-0.15, -0.1) is 0 Å². The molecule has 0 heterocycles. The molecule has 0 aromatic carbocycles. The molecule has 0 aliphatic rings. The summed E-state index contributed by atoms with van der Waals surface area (Å²) in [5, 5.41) is 0. The molecule has 0 aliphatic carbocycles. The minimum Gasteiger partial charge on any atom is -0.376 e. The maximum Gasteiger partial charge on any atom is 0.484 e. The first-order valence-electron chi connectivity index (χ1n) is 7.85. The normalized spacial score (nSPS) is 11.7. The highest BCUT2D eigenvalue weighted by atomic mass is 28.3. The lowest BCUT2D eigenvalue weighted by molar-refractivity contribution is 0.0896. The molecule has 0 fully saturated rings. The van der Waals surface area contributed by atoms with Crippen molar-refractivity contribution in [2.24, 2.45) is 0 Å². The van der Waals surface area contributed by atoms with Crippen LogP contribution in [0.4, 0.5) is 0 Å². The summed E-state index contributed by atoms with van der Waals surface area (Å²) in [5.74, 6) is 0. The number of unbranched alkanes of at least 4 members (excludes halogenated alkanes) is 2. The summed E-state index contributed by atoms with van der Waals surface area (Å²) in [6.07, 6.45) is 5.03. The maximum absolute atomic E-state index is 5.77. The largest absolute Gasteiger partial charge is 0.484 e. The molecule has 0 bridgehead atoms. The van der Waals surface area contributed by atoms with Crippen molar-refractivity contribution in [2.75, 3.05) is 39.5 Å². The van der Waals surface area contributed by atoms with Gasteiger partial charge in [-0.3, -0.25) is 0 Å². The number of hydrogen-bond donors (Lipinski definition) is 0. The molecule has 0 aromatic heterocycles. The Labute approximate surface area is 121 Å². The second-order valence-electron chi connectivity index (χ2n) is 4.62. The SMILES string of the molecule is CCCCN(CCCC)CCO[SiH](OCC)OCC. The lowest BCUT2D eigenvalue weighted by atomic mass is 10.2. The average molecular weight is 292 g/mol. The Hall–Kier alpha value is 0.0569. The van der Waals surface area contributed by atoms with Crippen molar-refractivity contribution < 1.29 is 13.3 Å². The van der Waals surface area contributed by atoms with E-state index in [9.17, 15) is 0 Å². The van der Waals surface area contributed by atoms with Crippen molar-refractivity contribution >= 4 is 9.53 Å². The fourth-order valence-corrected chi connectivity index (χ4v) is 2.92. The van der Waals surface area contributed by atoms with Gasteiger partial charge in [0.1, 0.15) is 0 Å². The molecule has 4 nitrogen and oxygen atoms in total. The molecular weight excluding hydrogens is 258 g/mol. The van der Waals surface area contributed by atoms with Crippen LogP contribution in [0.2, 0.25) is 0 Å². The molecule has 0 rings (SSSR count). The van der Waals surface area contributed by atoms with Crippen LogP contribution in [0.1, 0.15) is 53.4 Å². The first-order valence-corrected chi connectivity index (χ1v) is 9.26. The van der Waals surface area contributed by atoms with Gasteiger partial charge in [0.25, 0.3) is 0 Å². The van der Waals surface area contributed by atoms with Crippen LogP contribution >= 0.6 is 0 Å². The van der Waals surface area contributed by atoms with Crippen LogP contribution in [0.25, 0.3) is 0 Å². The Morgan fingerprint density at radius 1 is 0.737 bits per heavy atom. The fraction of sp³-hybridized carbons (Fsp3) is 1.00. The van der Waals surface area contributed by atoms with Crippen LogP contribution in [0, 0.1) is 0 Å². The quantitative estimate of drug-likeness (QED) is 0.460. The van der Waals surface area contributed by atoms with Gasteiger partial charge in [-0.05, 0) is 39.8 Å². The van der Waals surface area contributed by atoms with Gasteiger partial charge in [-0.25, -0.2) is 0 Å². The Bertz CT molecular complexity index is 170. The van der Waals surface area contributed by atoms with Gasteiger partial charge in [0.05, 0.1) is 6.61 Å². The highest BCUT2D eigenvalue weighted by molar-refractivity contribution is 6.36. The molecule has 0 aromatic rings. The third kappa shape index (κ3) is 11.6. The van der Waals surface area contributed by atoms with E-state index in [1.807, 2.05) is 13.8 Å². The number of nitrogens with zero attached hydrogens (tertiary/aromatic N) is 1. The second-order valence-corrected chi connectivity index (χ2v) is 6.20. The third-order valence-electron chi connectivity index (χ3n) is 2.92. The summed E-state index contributed by atoms with van der Waals surface area (Å²) < 4.78 is 16.8. The van der Waals surface area contributed by atoms with Crippen molar-refractivity contribution in [1.29, 1.82) is 0 Å². The van der Waals surface area contributed by atoms with Gasteiger partial charge in [0.15, 0.2) is 0 Å². The predicted molar refractivity (Wildman–Crippen MR) is 82.6 cm³/mol. The summed E-state index contributed by atoms with van der Waals surface area (Å²) in [6, 6.07) is 0. The first-order chi connectivity index (χ1) is 9.28. The Balaban J connectivity index is 3.85. The maximum atomic E-state index is 5.77. The van der Waals surface area contributed by atoms with Gasteiger partial charge < -0.3 is 18.2 Å². The van der Waals surface area contributed by atoms with Crippen molar-refractivity contribution in [3.63, 3.8) is 0 Å². The summed E-state index contributed by atoms with van der Waals surface area (Å²) in [4.78, 5) is 2.50. The van der Waals surface area contributed by atoms with Gasteiger partial charge in [-0.1, -0.05) is 26.7 Å². The first kappa shape index (κ1) is 19.1. The minimum atomic E-state index is -1.87. The molecule has 0 saturated carbocycles. The third-order valence-corrected chi connectivity index (χ3v) is 4.64. The molecule has 19 heavy (non-hydrogen) atoms.